The van der Waals surface area contributed by atoms with E-state index in [2.05, 4.69) is 0 Å². The van der Waals surface area contributed by atoms with Crippen LogP contribution in [0.4, 0.5) is 0 Å². The molecule has 0 bridgehead atoms. The van der Waals surface area contributed by atoms with Gasteiger partial charge in [-0.1, -0.05) is 30.3 Å². The van der Waals surface area contributed by atoms with E-state index in [1.54, 1.807) is 13.0 Å². The molecule has 2 heterocycles. The summed E-state index contributed by atoms with van der Waals surface area (Å²) in [6, 6.07) is 13.0. The molecule has 0 saturated carbocycles. The van der Waals surface area contributed by atoms with Crippen LogP contribution in [-0.2, 0) is 20.9 Å². The van der Waals surface area contributed by atoms with E-state index in [1.807, 2.05) is 36.4 Å². The Morgan fingerprint density at radius 3 is 2.72 bits per heavy atom. The van der Waals surface area contributed by atoms with Gasteiger partial charge < -0.3 is 19.6 Å². The number of furan rings is 1. The lowest BCUT2D eigenvalue weighted by molar-refractivity contribution is -0.140. The first-order valence-corrected chi connectivity index (χ1v) is 7.63. The third-order valence-electron chi connectivity index (χ3n) is 3.91. The van der Waals surface area contributed by atoms with Gasteiger partial charge in [0.25, 0.3) is 0 Å². The predicted molar refractivity (Wildman–Crippen MR) is 88.3 cm³/mol. The molecule has 0 spiro atoms. The number of hydrogen-bond donors (Lipinski definition) is 1. The average Bonchev–Trinajstić information content (AvgIpc) is 3.14. The van der Waals surface area contributed by atoms with Crippen molar-refractivity contribution in [2.24, 2.45) is 5.73 Å². The minimum atomic E-state index is -0.680. The molecule has 0 aliphatic carbocycles. The lowest BCUT2D eigenvalue weighted by atomic mass is 9.84. The van der Waals surface area contributed by atoms with Crippen molar-refractivity contribution >= 4 is 5.97 Å². The summed E-state index contributed by atoms with van der Waals surface area (Å²) in [5.41, 5.74) is 7.71. The highest BCUT2D eigenvalue weighted by Crippen LogP contribution is 2.39. The highest BCUT2D eigenvalue weighted by atomic mass is 16.5. The monoisotopic (exact) mass is 336 g/mol. The van der Waals surface area contributed by atoms with E-state index in [0.717, 1.165) is 5.56 Å². The molecule has 1 aliphatic rings. The van der Waals surface area contributed by atoms with Crippen LogP contribution in [0.15, 0.2) is 76.1 Å². The van der Waals surface area contributed by atoms with Gasteiger partial charge in [0.1, 0.15) is 24.0 Å². The first-order chi connectivity index (χ1) is 12.1. The summed E-state index contributed by atoms with van der Waals surface area (Å²) in [6.07, 6.45) is 2.94. The maximum Gasteiger partial charge on any atom is 0.338 e. The van der Waals surface area contributed by atoms with Crippen molar-refractivity contribution in [3.05, 3.63) is 82.8 Å². The van der Waals surface area contributed by atoms with E-state index in [4.69, 9.17) is 19.6 Å². The fraction of sp³-hybridized carbons (Fsp3) is 0.158. The van der Waals surface area contributed by atoms with Crippen LogP contribution < -0.4 is 5.73 Å². The van der Waals surface area contributed by atoms with Crippen LogP contribution in [-0.4, -0.2) is 5.97 Å². The molecule has 1 aliphatic heterocycles. The number of nitriles is 1. The van der Waals surface area contributed by atoms with Gasteiger partial charge in [-0.15, -0.1) is 0 Å². The average molecular weight is 336 g/mol. The quantitative estimate of drug-likeness (QED) is 0.861. The molecule has 0 amide bonds. The van der Waals surface area contributed by atoms with Crippen molar-refractivity contribution < 1.29 is 18.7 Å². The van der Waals surface area contributed by atoms with Gasteiger partial charge >= 0.3 is 5.97 Å². The van der Waals surface area contributed by atoms with Crippen LogP contribution in [0.2, 0.25) is 0 Å². The van der Waals surface area contributed by atoms with E-state index < -0.39 is 11.9 Å². The fourth-order valence-corrected chi connectivity index (χ4v) is 2.72. The lowest BCUT2D eigenvalue weighted by Crippen LogP contribution is -2.25. The molecule has 0 saturated heterocycles. The van der Waals surface area contributed by atoms with Gasteiger partial charge in [-0.05, 0) is 18.6 Å². The Hall–Kier alpha value is -3.46. The molecule has 6 heteroatoms. The van der Waals surface area contributed by atoms with Crippen molar-refractivity contribution in [3.63, 3.8) is 0 Å². The van der Waals surface area contributed by atoms with Gasteiger partial charge in [-0.3, -0.25) is 0 Å². The summed E-state index contributed by atoms with van der Waals surface area (Å²) in [7, 11) is 0. The Labute approximate surface area is 144 Å². The van der Waals surface area contributed by atoms with Gasteiger partial charge in [0, 0.05) is 5.56 Å². The Kier molecular flexibility index (Phi) is 4.57. The number of esters is 1. The minimum absolute atomic E-state index is 0.0224. The highest BCUT2D eigenvalue weighted by molar-refractivity contribution is 5.92. The van der Waals surface area contributed by atoms with Crippen LogP contribution >= 0.6 is 0 Å². The SMILES string of the molecule is CC1=C(C(=O)OCc2ccccc2)[C@@H](c2ccoc2)C(C#N)=C(N)O1. The summed E-state index contributed by atoms with van der Waals surface area (Å²) in [5.74, 6) is -0.958. The summed E-state index contributed by atoms with van der Waals surface area (Å²) in [5, 5.41) is 9.45. The maximum atomic E-state index is 12.7. The van der Waals surface area contributed by atoms with Crippen molar-refractivity contribution in [2.45, 2.75) is 19.4 Å². The van der Waals surface area contributed by atoms with E-state index in [1.165, 1.54) is 12.5 Å². The lowest BCUT2D eigenvalue weighted by Gasteiger charge is -2.25. The molecule has 0 unspecified atom stereocenters. The normalized spacial score (nSPS) is 17.0. The van der Waals surface area contributed by atoms with Crippen LogP contribution in [0.25, 0.3) is 0 Å². The first-order valence-electron chi connectivity index (χ1n) is 7.63. The number of ether oxygens (including phenoxy) is 2. The molecule has 2 aromatic rings. The third-order valence-corrected chi connectivity index (χ3v) is 3.91. The number of allylic oxidation sites excluding steroid dienone is 2. The maximum absolute atomic E-state index is 12.7. The first kappa shape index (κ1) is 16.4. The number of nitrogens with zero attached hydrogens (tertiary/aromatic N) is 1. The van der Waals surface area contributed by atoms with Gasteiger partial charge in [0.2, 0.25) is 5.88 Å². The Balaban J connectivity index is 1.90. The molecule has 0 fully saturated rings. The van der Waals surface area contributed by atoms with Gasteiger partial charge in [0.05, 0.1) is 24.0 Å². The second-order valence-corrected chi connectivity index (χ2v) is 5.51. The molecule has 1 aromatic heterocycles. The van der Waals surface area contributed by atoms with E-state index >= 15 is 0 Å². The molecule has 2 N–H and O–H groups in total. The zero-order valence-corrected chi connectivity index (χ0v) is 13.6. The summed E-state index contributed by atoms with van der Waals surface area (Å²) < 4.78 is 15.9. The summed E-state index contributed by atoms with van der Waals surface area (Å²) >= 11 is 0. The van der Waals surface area contributed by atoms with Crippen LogP contribution in [0.5, 0.6) is 0 Å². The van der Waals surface area contributed by atoms with E-state index in [0.29, 0.717) is 11.3 Å². The van der Waals surface area contributed by atoms with Crippen LogP contribution in [0, 0.1) is 11.3 Å². The van der Waals surface area contributed by atoms with Crippen molar-refractivity contribution in [1.82, 2.24) is 0 Å². The van der Waals surface area contributed by atoms with E-state index in [-0.39, 0.29) is 23.6 Å². The number of carbonyl (C=O) groups excluding carboxylic acids is 1. The summed E-state index contributed by atoms with van der Waals surface area (Å²) in [6.45, 7) is 1.74. The van der Waals surface area contributed by atoms with Gasteiger partial charge in [-0.25, -0.2) is 4.79 Å². The Bertz CT molecular complexity index is 874. The number of nitrogens with two attached hydrogens (primary N) is 1. The smallest absolute Gasteiger partial charge is 0.338 e. The number of rotatable bonds is 4. The number of hydrogen-bond acceptors (Lipinski definition) is 6. The third kappa shape index (κ3) is 3.26. The molecule has 126 valence electrons. The molecule has 25 heavy (non-hydrogen) atoms. The largest absolute Gasteiger partial charge is 0.472 e. The van der Waals surface area contributed by atoms with Crippen LogP contribution in [0.1, 0.15) is 24.0 Å². The molecule has 1 atom stereocenters. The highest BCUT2D eigenvalue weighted by Gasteiger charge is 2.36. The number of benzene rings is 1. The molecular formula is C19H16N2O4. The molecule has 3 rings (SSSR count). The molecular weight excluding hydrogens is 320 g/mol. The fourth-order valence-electron chi connectivity index (χ4n) is 2.72. The van der Waals surface area contributed by atoms with Crippen molar-refractivity contribution in [2.75, 3.05) is 0 Å². The number of carbonyl (C=O) groups is 1. The minimum Gasteiger partial charge on any atom is -0.472 e. The van der Waals surface area contributed by atoms with Crippen molar-refractivity contribution in [1.29, 1.82) is 5.26 Å². The van der Waals surface area contributed by atoms with Gasteiger partial charge in [0.15, 0.2) is 0 Å². The standard InChI is InChI=1S/C19H16N2O4/c1-12-16(19(22)24-10-13-5-3-2-4-6-13)17(14-7-8-23-11-14)15(9-20)18(21)25-12/h2-8,11,17H,10,21H2,1H3/t17-/m0/s1. The van der Waals surface area contributed by atoms with Crippen LogP contribution in [0.3, 0.4) is 0 Å². The second kappa shape index (κ2) is 6.97. The Morgan fingerprint density at radius 1 is 1.32 bits per heavy atom. The Morgan fingerprint density at radius 2 is 2.08 bits per heavy atom. The molecule has 6 nitrogen and oxygen atoms in total. The summed E-state index contributed by atoms with van der Waals surface area (Å²) in [4.78, 5) is 12.7. The molecule has 0 radical (unpaired) electrons. The molecule has 1 aromatic carbocycles. The van der Waals surface area contributed by atoms with Gasteiger partial charge in [-0.2, -0.15) is 5.26 Å². The second-order valence-electron chi connectivity index (χ2n) is 5.51. The zero-order valence-electron chi connectivity index (χ0n) is 13.6. The van der Waals surface area contributed by atoms with Crippen molar-refractivity contribution in [3.8, 4) is 6.07 Å². The predicted octanol–water partition coefficient (Wildman–Crippen LogP) is 3.10. The van der Waals surface area contributed by atoms with E-state index in [9.17, 15) is 10.1 Å². The topological polar surface area (TPSA) is 98.5 Å². The zero-order chi connectivity index (χ0) is 17.8.